The number of carbonyl (C=O) groups excluding carboxylic acids is 4. The Kier molecular flexibility index (Phi) is 7.62. The number of allylic oxidation sites excluding steroid dienone is 4. The summed E-state index contributed by atoms with van der Waals surface area (Å²) in [5, 5.41) is 10.7. The summed E-state index contributed by atoms with van der Waals surface area (Å²) >= 11 is 0. The topological polar surface area (TPSA) is 110 Å². The molecule has 6 unspecified atom stereocenters. The van der Waals surface area contributed by atoms with E-state index in [-0.39, 0.29) is 35.6 Å². The molecule has 2 amide bonds. The van der Waals surface area contributed by atoms with Crippen molar-refractivity contribution in [3.8, 4) is 17.2 Å². The third-order valence-electron chi connectivity index (χ3n) is 10.7. The number of amides is 2. The zero-order valence-electron chi connectivity index (χ0n) is 26.6. The van der Waals surface area contributed by atoms with Crippen LogP contribution in [0.15, 0.2) is 90.5 Å². The average Bonchev–Trinajstić information content (AvgIpc) is 3.34. The molecule has 3 aromatic rings. The van der Waals surface area contributed by atoms with Gasteiger partial charge in [0.15, 0.2) is 11.6 Å². The van der Waals surface area contributed by atoms with Crippen LogP contribution in [0.4, 0.5) is 0 Å². The fourth-order valence-corrected chi connectivity index (χ4v) is 8.91. The standard InChI is InChI=1S/C39H37NO7/c1-4-17-40-37(44)26-16-15-25-28(33(26)38(40)45)20-29-36(43)27(22-11-7-5-8-12-22)21-32(42)39(29,23-13-9-6-10-14-23)35(25)34-30(46-2)18-24(41)19-31(34)47-3/h5-15,18-19,21,26,28-29,33,35,41H,4,16-17,20H2,1-3H3. The van der Waals surface area contributed by atoms with Crippen LogP contribution >= 0.6 is 0 Å². The maximum Gasteiger partial charge on any atom is 0.233 e. The molecule has 1 heterocycles. The Morgan fingerprint density at radius 2 is 1.51 bits per heavy atom. The lowest BCUT2D eigenvalue weighted by Gasteiger charge is -2.55. The number of aromatic hydroxyl groups is 1. The van der Waals surface area contributed by atoms with Crippen LogP contribution in [0.5, 0.6) is 17.2 Å². The number of ether oxygens (including phenoxy) is 2. The largest absolute Gasteiger partial charge is 0.508 e. The molecule has 240 valence electrons. The highest BCUT2D eigenvalue weighted by Crippen LogP contribution is 2.65. The number of ketones is 2. The maximum atomic E-state index is 15.2. The summed E-state index contributed by atoms with van der Waals surface area (Å²) in [5.74, 6) is -3.69. The van der Waals surface area contributed by atoms with Crippen molar-refractivity contribution >= 4 is 29.0 Å². The fourth-order valence-electron chi connectivity index (χ4n) is 8.91. The molecule has 0 spiro atoms. The minimum Gasteiger partial charge on any atom is -0.508 e. The van der Waals surface area contributed by atoms with Crippen molar-refractivity contribution in [3.63, 3.8) is 0 Å². The summed E-state index contributed by atoms with van der Waals surface area (Å²) < 4.78 is 11.8. The molecule has 4 aliphatic rings. The number of phenols is 1. The molecule has 1 aliphatic heterocycles. The number of rotatable bonds is 7. The van der Waals surface area contributed by atoms with E-state index in [4.69, 9.17) is 9.47 Å². The molecular weight excluding hydrogens is 594 g/mol. The van der Waals surface area contributed by atoms with Gasteiger partial charge in [0, 0.05) is 41.6 Å². The molecule has 47 heavy (non-hydrogen) atoms. The Balaban J connectivity index is 1.55. The molecule has 6 atom stereocenters. The number of fused-ring (bicyclic) bond motifs is 4. The van der Waals surface area contributed by atoms with Gasteiger partial charge in [0.1, 0.15) is 17.2 Å². The highest BCUT2D eigenvalue weighted by atomic mass is 16.5. The van der Waals surface area contributed by atoms with Gasteiger partial charge >= 0.3 is 0 Å². The van der Waals surface area contributed by atoms with Crippen LogP contribution in [0.2, 0.25) is 0 Å². The monoisotopic (exact) mass is 631 g/mol. The zero-order valence-corrected chi connectivity index (χ0v) is 26.6. The Bertz CT molecular complexity index is 1820. The first-order chi connectivity index (χ1) is 22.8. The lowest BCUT2D eigenvalue weighted by molar-refractivity contribution is -0.140. The summed E-state index contributed by atoms with van der Waals surface area (Å²) in [6.07, 6.45) is 4.69. The van der Waals surface area contributed by atoms with Gasteiger partial charge in [0.2, 0.25) is 11.8 Å². The van der Waals surface area contributed by atoms with Gasteiger partial charge in [-0.1, -0.05) is 79.2 Å². The molecule has 0 aromatic heterocycles. The van der Waals surface area contributed by atoms with Crippen molar-refractivity contribution in [1.82, 2.24) is 4.90 Å². The number of benzene rings is 3. The normalized spacial score (nSPS) is 28.2. The van der Waals surface area contributed by atoms with E-state index in [9.17, 15) is 19.5 Å². The second-order valence-electron chi connectivity index (χ2n) is 12.9. The number of carbonyl (C=O) groups is 4. The van der Waals surface area contributed by atoms with Gasteiger partial charge in [0.05, 0.1) is 31.5 Å². The lowest BCUT2D eigenvalue weighted by Crippen LogP contribution is -2.59. The van der Waals surface area contributed by atoms with Crippen molar-refractivity contribution in [3.05, 3.63) is 107 Å². The van der Waals surface area contributed by atoms with E-state index in [0.717, 1.165) is 5.57 Å². The molecule has 7 rings (SSSR count). The Morgan fingerprint density at radius 1 is 0.872 bits per heavy atom. The van der Waals surface area contributed by atoms with Gasteiger partial charge in [-0.2, -0.15) is 0 Å². The molecule has 3 aliphatic carbocycles. The van der Waals surface area contributed by atoms with Gasteiger partial charge in [-0.15, -0.1) is 0 Å². The van der Waals surface area contributed by atoms with Crippen molar-refractivity contribution in [2.45, 2.75) is 37.5 Å². The van der Waals surface area contributed by atoms with E-state index in [1.54, 1.807) is 0 Å². The minimum absolute atomic E-state index is 0.0816. The van der Waals surface area contributed by atoms with E-state index >= 15 is 4.79 Å². The number of hydrogen-bond donors (Lipinski definition) is 1. The highest BCUT2D eigenvalue weighted by Gasteiger charge is 2.66. The van der Waals surface area contributed by atoms with Crippen LogP contribution < -0.4 is 9.47 Å². The third-order valence-corrected chi connectivity index (χ3v) is 10.7. The van der Waals surface area contributed by atoms with Crippen molar-refractivity contribution < 1.29 is 33.8 Å². The molecule has 8 nitrogen and oxygen atoms in total. The Labute approximate surface area is 273 Å². The van der Waals surface area contributed by atoms with Crippen LogP contribution in [0.3, 0.4) is 0 Å². The van der Waals surface area contributed by atoms with Crippen LogP contribution in [0, 0.1) is 23.7 Å². The van der Waals surface area contributed by atoms with Gasteiger partial charge in [-0.05, 0) is 42.4 Å². The van der Waals surface area contributed by atoms with E-state index in [1.807, 2.05) is 73.7 Å². The van der Waals surface area contributed by atoms with Gasteiger partial charge in [-0.25, -0.2) is 0 Å². The number of phenolic OH excluding ortho intramolecular Hbond substituents is 1. The minimum atomic E-state index is -1.43. The Hall–Kier alpha value is -4.98. The van der Waals surface area contributed by atoms with Crippen LogP contribution in [0.25, 0.3) is 5.57 Å². The molecule has 1 saturated carbocycles. The second kappa shape index (κ2) is 11.7. The first-order valence-corrected chi connectivity index (χ1v) is 16.2. The molecule has 0 radical (unpaired) electrons. The molecule has 3 aromatic carbocycles. The summed E-state index contributed by atoms with van der Waals surface area (Å²) in [4.78, 5) is 59.3. The summed E-state index contributed by atoms with van der Waals surface area (Å²) in [6, 6.07) is 21.5. The van der Waals surface area contributed by atoms with Gasteiger partial charge in [0.25, 0.3) is 0 Å². The lowest BCUT2D eigenvalue weighted by atomic mass is 9.44. The van der Waals surface area contributed by atoms with Crippen LogP contribution in [0.1, 0.15) is 48.8 Å². The van der Waals surface area contributed by atoms with Crippen molar-refractivity contribution in [1.29, 1.82) is 0 Å². The zero-order chi connectivity index (χ0) is 33.0. The van der Waals surface area contributed by atoms with Gasteiger partial charge in [-0.3, -0.25) is 24.1 Å². The predicted octanol–water partition coefficient (Wildman–Crippen LogP) is 5.64. The molecular formula is C39H37NO7. The Morgan fingerprint density at radius 3 is 2.13 bits per heavy atom. The average molecular weight is 632 g/mol. The number of hydrogen-bond acceptors (Lipinski definition) is 7. The van der Waals surface area contributed by atoms with E-state index in [1.165, 1.54) is 37.3 Å². The highest BCUT2D eigenvalue weighted by molar-refractivity contribution is 6.31. The van der Waals surface area contributed by atoms with Crippen LogP contribution in [-0.4, -0.2) is 54.2 Å². The number of Topliss-reactive ketones (excluding diaryl/α,β-unsaturated/α-hetero) is 1. The number of likely N-dealkylation sites (tertiary alicyclic amines) is 1. The van der Waals surface area contributed by atoms with E-state index in [2.05, 4.69) is 0 Å². The molecule has 8 heteroatoms. The van der Waals surface area contributed by atoms with Crippen molar-refractivity contribution in [2.24, 2.45) is 23.7 Å². The first-order valence-electron chi connectivity index (χ1n) is 16.2. The quantitative estimate of drug-likeness (QED) is 0.265. The first kappa shape index (κ1) is 30.7. The number of nitrogens with zero attached hydrogens (tertiary/aromatic N) is 1. The fraction of sp³-hybridized carbons (Fsp3) is 0.333. The van der Waals surface area contributed by atoms with E-state index < -0.39 is 35.0 Å². The SMILES string of the molecule is CCCN1C(=O)C2CC=C3C(CC4C(=O)C(c5ccccc5)=CC(=O)C4(c4ccccc4)C3c3c(OC)cc(O)cc3OC)C2C1=O. The predicted molar refractivity (Wildman–Crippen MR) is 175 cm³/mol. The number of imide groups is 1. The number of methoxy groups -OCH3 is 2. The van der Waals surface area contributed by atoms with Gasteiger partial charge < -0.3 is 14.6 Å². The maximum absolute atomic E-state index is 15.2. The molecule has 2 fully saturated rings. The smallest absolute Gasteiger partial charge is 0.233 e. The second-order valence-corrected chi connectivity index (χ2v) is 12.9. The third kappa shape index (κ3) is 4.41. The van der Waals surface area contributed by atoms with Crippen molar-refractivity contribution in [2.75, 3.05) is 20.8 Å². The van der Waals surface area contributed by atoms with Crippen LogP contribution in [-0.2, 0) is 24.6 Å². The van der Waals surface area contributed by atoms with E-state index in [0.29, 0.717) is 53.1 Å². The summed E-state index contributed by atoms with van der Waals surface area (Å²) in [6.45, 7) is 2.27. The summed E-state index contributed by atoms with van der Waals surface area (Å²) in [7, 11) is 2.97. The summed E-state index contributed by atoms with van der Waals surface area (Å²) in [5.41, 5.74) is 1.53. The molecule has 1 saturated heterocycles. The molecule has 1 N–H and O–H groups in total. The molecule has 0 bridgehead atoms.